The van der Waals surface area contributed by atoms with Crippen molar-refractivity contribution in [3.63, 3.8) is 0 Å². The highest BCUT2D eigenvalue weighted by atomic mass is 19.1. The number of carbonyl (C=O) groups excluding carboxylic acids is 2. The molecule has 0 spiro atoms. The lowest BCUT2D eigenvalue weighted by Crippen LogP contribution is -2.47. The van der Waals surface area contributed by atoms with Crippen molar-refractivity contribution in [2.75, 3.05) is 13.2 Å². The van der Waals surface area contributed by atoms with Gasteiger partial charge in [-0.15, -0.1) is 0 Å². The molecule has 3 rings (SSSR count). The first-order valence-electron chi connectivity index (χ1n) is 6.82. The number of hydrogen-bond acceptors (Lipinski definition) is 3. The van der Waals surface area contributed by atoms with Gasteiger partial charge in [-0.3, -0.25) is 14.9 Å². The molecule has 0 aromatic heterocycles. The summed E-state index contributed by atoms with van der Waals surface area (Å²) in [5.41, 5.74) is 0.370. The number of piperidine rings is 1. The van der Waals surface area contributed by atoms with E-state index in [1.165, 1.54) is 6.07 Å². The second-order valence-electron chi connectivity index (χ2n) is 5.40. The number of ether oxygens (including phenoxy) is 1. The second-order valence-corrected chi connectivity index (χ2v) is 5.40. The highest BCUT2D eigenvalue weighted by Crippen LogP contribution is 2.39. The van der Waals surface area contributed by atoms with Crippen LogP contribution in [0.5, 0.6) is 0 Å². The van der Waals surface area contributed by atoms with Gasteiger partial charge < -0.3 is 4.74 Å². The van der Waals surface area contributed by atoms with Crippen LogP contribution in [0.15, 0.2) is 24.3 Å². The lowest BCUT2D eigenvalue weighted by atomic mass is 9.73. The second kappa shape index (κ2) is 5.32. The van der Waals surface area contributed by atoms with Crippen molar-refractivity contribution in [1.82, 2.24) is 5.32 Å². The molecule has 1 N–H and O–H groups in total. The minimum atomic E-state index is -0.611. The van der Waals surface area contributed by atoms with Gasteiger partial charge in [0.2, 0.25) is 11.8 Å². The zero-order valence-corrected chi connectivity index (χ0v) is 11.0. The number of rotatable bonds is 2. The van der Waals surface area contributed by atoms with E-state index in [2.05, 4.69) is 5.32 Å². The lowest BCUT2D eigenvalue weighted by molar-refractivity contribution is -0.137. The molecule has 3 unspecified atom stereocenters. The van der Waals surface area contributed by atoms with Gasteiger partial charge in [0, 0.05) is 25.2 Å². The first-order valence-corrected chi connectivity index (χ1v) is 6.82. The van der Waals surface area contributed by atoms with Crippen LogP contribution in [0.1, 0.15) is 24.3 Å². The first kappa shape index (κ1) is 13.2. The first-order chi connectivity index (χ1) is 9.66. The quantitative estimate of drug-likeness (QED) is 0.836. The average molecular weight is 277 g/mol. The number of halogens is 1. The zero-order valence-electron chi connectivity index (χ0n) is 11.0. The minimum absolute atomic E-state index is 0.134. The van der Waals surface area contributed by atoms with Crippen molar-refractivity contribution in [2.45, 2.75) is 18.8 Å². The SMILES string of the molecule is O=C1CC(C2CCOC2)C(c2ccccc2F)C(=O)N1. The molecule has 2 fully saturated rings. The number of benzene rings is 1. The maximum absolute atomic E-state index is 14.0. The molecule has 2 aliphatic heterocycles. The summed E-state index contributed by atoms with van der Waals surface area (Å²) in [5, 5.41) is 2.32. The predicted octanol–water partition coefficient (Wildman–Crippen LogP) is 1.61. The van der Waals surface area contributed by atoms with Gasteiger partial charge >= 0.3 is 0 Å². The Balaban J connectivity index is 1.97. The molecule has 1 aromatic carbocycles. The average Bonchev–Trinajstić information content (AvgIpc) is 2.93. The Labute approximate surface area is 116 Å². The third-order valence-electron chi connectivity index (χ3n) is 4.21. The van der Waals surface area contributed by atoms with Crippen molar-refractivity contribution < 1.29 is 18.7 Å². The lowest BCUT2D eigenvalue weighted by Gasteiger charge is -2.33. The van der Waals surface area contributed by atoms with Crippen LogP contribution in [0.2, 0.25) is 0 Å². The maximum Gasteiger partial charge on any atom is 0.234 e. The van der Waals surface area contributed by atoms with Gasteiger partial charge in [-0.1, -0.05) is 18.2 Å². The van der Waals surface area contributed by atoms with Gasteiger partial charge in [-0.05, 0) is 24.3 Å². The molecule has 2 aliphatic rings. The van der Waals surface area contributed by atoms with E-state index in [0.29, 0.717) is 18.8 Å². The molecule has 2 amide bonds. The van der Waals surface area contributed by atoms with Crippen molar-refractivity contribution in [3.8, 4) is 0 Å². The molecule has 106 valence electrons. The summed E-state index contributed by atoms with van der Waals surface area (Å²) in [6, 6.07) is 6.28. The fourth-order valence-corrected chi connectivity index (χ4v) is 3.22. The van der Waals surface area contributed by atoms with Crippen LogP contribution >= 0.6 is 0 Å². The molecule has 0 bridgehead atoms. The Morgan fingerprint density at radius 3 is 2.75 bits per heavy atom. The standard InChI is InChI=1S/C15H16FNO3/c16-12-4-2-1-3-10(12)14-11(9-5-6-20-8-9)7-13(18)17-15(14)19/h1-4,9,11,14H,5-8H2,(H,17,18,19). The van der Waals surface area contributed by atoms with Crippen LogP contribution < -0.4 is 5.32 Å². The van der Waals surface area contributed by atoms with E-state index in [9.17, 15) is 14.0 Å². The Morgan fingerprint density at radius 1 is 1.25 bits per heavy atom. The van der Waals surface area contributed by atoms with E-state index in [1.807, 2.05) is 0 Å². The molecule has 2 saturated heterocycles. The molecule has 4 nitrogen and oxygen atoms in total. The minimum Gasteiger partial charge on any atom is -0.381 e. The molecule has 2 heterocycles. The zero-order chi connectivity index (χ0) is 14.1. The normalized spacial score (nSPS) is 30.4. The van der Waals surface area contributed by atoms with Crippen LogP contribution in [-0.2, 0) is 14.3 Å². The van der Waals surface area contributed by atoms with E-state index >= 15 is 0 Å². The van der Waals surface area contributed by atoms with Crippen LogP contribution in [0.4, 0.5) is 4.39 Å². The molecule has 3 atom stereocenters. The molecule has 0 saturated carbocycles. The van der Waals surface area contributed by atoms with E-state index < -0.39 is 17.6 Å². The predicted molar refractivity (Wildman–Crippen MR) is 69.3 cm³/mol. The van der Waals surface area contributed by atoms with Gasteiger partial charge in [0.25, 0.3) is 0 Å². The third-order valence-corrected chi connectivity index (χ3v) is 4.21. The van der Waals surface area contributed by atoms with Gasteiger partial charge in [0.05, 0.1) is 5.92 Å². The Kier molecular flexibility index (Phi) is 3.53. The van der Waals surface area contributed by atoms with E-state index in [-0.39, 0.29) is 24.2 Å². The van der Waals surface area contributed by atoms with Crippen molar-refractivity contribution in [3.05, 3.63) is 35.6 Å². The number of carbonyl (C=O) groups is 2. The third kappa shape index (κ3) is 2.33. The highest BCUT2D eigenvalue weighted by Gasteiger charge is 2.43. The van der Waals surface area contributed by atoms with Crippen LogP contribution in [0.3, 0.4) is 0 Å². The fraction of sp³-hybridized carbons (Fsp3) is 0.467. The molecule has 0 radical (unpaired) electrons. The number of nitrogens with one attached hydrogen (secondary N) is 1. The number of imide groups is 1. The van der Waals surface area contributed by atoms with Gasteiger partial charge in [0.15, 0.2) is 0 Å². The highest BCUT2D eigenvalue weighted by molar-refractivity contribution is 6.01. The van der Waals surface area contributed by atoms with Crippen molar-refractivity contribution in [1.29, 1.82) is 0 Å². The Bertz CT molecular complexity index is 540. The van der Waals surface area contributed by atoms with E-state index in [4.69, 9.17) is 4.74 Å². The molecular formula is C15H16FNO3. The molecule has 5 heteroatoms. The van der Waals surface area contributed by atoms with Gasteiger partial charge in [-0.25, -0.2) is 4.39 Å². The molecule has 20 heavy (non-hydrogen) atoms. The largest absolute Gasteiger partial charge is 0.381 e. The van der Waals surface area contributed by atoms with E-state index in [1.54, 1.807) is 18.2 Å². The summed E-state index contributed by atoms with van der Waals surface area (Å²) in [7, 11) is 0. The van der Waals surface area contributed by atoms with Crippen LogP contribution in [0, 0.1) is 17.7 Å². The van der Waals surface area contributed by atoms with E-state index in [0.717, 1.165) is 6.42 Å². The van der Waals surface area contributed by atoms with Crippen LogP contribution in [0.25, 0.3) is 0 Å². The topological polar surface area (TPSA) is 55.4 Å². The monoisotopic (exact) mass is 277 g/mol. The van der Waals surface area contributed by atoms with Crippen molar-refractivity contribution >= 4 is 11.8 Å². The van der Waals surface area contributed by atoms with Gasteiger partial charge in [0.1, 0.15) is 5.82 Å². The Hall–Kier alpha value is -1.75. The molecular weight excluding hydrogens is 261 g/mol. The Morgan fingerprint density at radius 2 is 2.05 bits per heavy atom. The summed E-state index contributed by atoms with van der Waals surface area (Å²) in [6.07, 6.45) is 1.06. The summed E-state index contributed by atoms with van der Waals surface area (Å²) < 4.78 is 19.4. The molecule has 0 aliphatic carbocycles. The summed E-state index contributed by atoms with van der Waals surface area (Å²) in [5.74, 6) is -1.74. The fourth-order valence-electron chi connectivity index (χ4n) is 3.22. The molecule has 1 aromatic rings. The summed E-state index contributed by atoms with van der Waals surface area (Å²) in [6.45, 7) is 1.18. The number of amides is 2. The van der Waals surface area contributed by atoms with Gasteiger partial charge in [-0.2, -0.15) is 0 Å². The maximum atomic E-state index is 14.0. The number of hydrogen-bond donors (Lipinski definition) is 1. The van der Waals surface area contributed by atoms with Crippen molar-refractivity contribution in [2.24, 2.45) is 11.8 Å². The summed E-state index contributed by atoms with van der Waals surface area (Å²) >= 11 is 0. The van der Waals surface area contributed by atoms with Crippen LogP contribution in [-0.4, -0.2) is 25.0 Å². The smallest absolute Gasteiger partial charge is 0.234 e. The summed E-state index contributed by atoms with van der Waals surface area (Å²) in [4.78, 5) is 23.8.